The highest BCUT2D eigenvalue weighted by molar-refractivity contribution is 9.19. The molecule has 3 heteroatoms. The van der Waals surface area contributed by atoms with Gasteiger partial charge in [-0.3, -0.25) is 9.98 Å². The van der Waals surface area contributed by atoms with E-state index in [-0.39, 0.29) is 0 Å². The van der Waals surface area contributed by atoms with Crippen LogP contribution in [0, 0.1) is 0 Å². The lowest BCUT2D eigenvalue weighted by molar-refractivity contribution is 0.994. The lowest BCUT2D eigenvalue weighted by atomic mass is 10.3. The fourth-order valence-electron chi connectivity index (χ4n) is 0.693. The van der Waals surface area contributed by atoms with E-state index in [9.17, 15) is 0 Å². The van der Waals surface area contributed by atoms with E-state index in [2.05, 4.69) is 32.0 Å². The fourth-order valence-corrected chi connectivity index (χ4v) is 0.973. The predicted octanol–water partition coefficient (Wildman–Crippen LogP) is 2.16. The second kappa shape index (κ2) is 3.66. The summed E-state index contributed by atoms with van der Waals surface area (Å²) in [6.45, 7) is 2.84. The topological polar surface area (TPSA) is 24.7 Å². The largest absolute Gasteiger partial charge is 0.276 e. The minimum atomic E-state index is 0.833. The molecule has 0 atom stereocenters. The summed E-state index contributed by atoms with van der Waals surface area (Å²) in [6, 6.07) is 0. The van der Waals surface area contributed by atoms with Crippen LogP contribution < -0.4 is 0 Å². The second-order valence-electron chi connectivity index (χ2n) is 2.10. The average molecular weight is 201 g/mol. The molecule has 54 valence electrons. The summed E-state index contributed by atoms with van der Waals surface area (Å²) < 4.78 is 0.833. The van der Waals surface area contributed by atoms with E-state index in [1.165, 1.54) is 0 Å². The Labute approximate surface area is 68.9 Å². The highest BCUT2D eigenvalue weighted by Gasteiger charge is 1.91. The van der Waals surface area contributed by atoms with E-state index in [1.54, 1.807) is 6.21 Å². The summed E-state index contributed by atoms with van der Waals surface area (Å²) in [7, 11) is 0. The highest BCUT2D eigenvalue weighted by atomic mass is 79.9. The first-order valence-corrected chi connectivity index (χ1v) is 3.99. The molecule has 1 heterocycles. The van der Waals surface area contributed by atoms with E-state index in [0.29, 0.717) is 0 Å². The van der Waals surface area contributed by atoms with Crippen LogP contribution in [0.5, 0.6) is 0 Å². The summed E-state index contributed by atoms with van der Waals surface area (Å²) in [5.74, 6) is 0. The first-order chi connectivity index (χ1) is 4.79. The first-order valence-electron chi connectivity index (χ1n) is 3.20. The number of allylic oxidation sites excluding steroid dienone is 1. The van der Waals surface area contributed by atoms with Crippen molar-refractivity contribution in [1.82, 2.24) is 0 Å². The number of aliphatic imine (C=N–C) groups is 2. The van der Waals surface area contributed by atoms with E-state index in [4.69, 9.17) is 0 Å². The van der Waals surface area contributed by atoms with Crippen molar-refractivity contribution in [3.63, 3.8) is 0 Å². The Morgan fingerprint density at radius 1 is 1.60 bits per heavy atom. The Bertz CT molecular complexity index is 182. The van der Waals surface area contributed by atoms with Crippen molar-refractivity contribution < 1.29 is 0 Å². The van der Waals surface area contributed by atoms with Crippen LogP contribution in [0.15, 0.2) is 21.8 Å². The van der Waals surface area contributed by atoms with Gasteiger partial charge in [-0.05, 0) is 29.3 Å². The third-order valence-corrected chi connectivity index (χ3v) is 1.66. The molecule has 0 bridgehead atoms. The molecule has 10 heavy (non-hydrogen) atoms. The van der Waals surface area contributed by atoms with Gasteiger partial charge in [-0.2, -0.15) is 0 Å². The Balaban J connectivity index is 2.73. The predicted molar refractivity (Wildman–Crippen MR) is 48.1 cm³/mol. The third kappa shape index (κ3) is 2.43. The zero-order chi connectivity index (χ0) is 7.40. The molecule has 0 aromatic heterocycles. The molecule has 0 saturated carbocycles. The molecular formula is C7H9BrN2. The number of hydrogen-bond acceptors (Lipinski definition) is 2. The normalized spacial score (nSPS) is 24.2. The van der Waals surface area contributed by atoms with Crippen molar-refractivity contribution in [3.05, 3.63) is 11.8 Å². The van der Waals surface area contributed by atoms with Gasteiger partial charge < -0.3 is 0 Å². The van der Waals surface area contributed by atoms with Crippen molar-refractivity contribution in [2.75, 3.05) is 6.54 Å². The average Bonchev–Trinajstić information content (AvgIpc) is 1.90. The van der Waals surface area contributed by atoms with Gasteiger partial charge in [0.2, 0.25) is 0 Å². The molecule has 1 rings (SSSR count). The van der Waals surface area contributed by atoms with Crippen LogP contribution in [-0.2, 0) is 0 Å². The lowest BCUT2D eigenvalue weighted by Gasteiger charge is -1.96. The number of rotatable bonds is 0. The fraction of sp³-hybridized carbons (Fsp3) is 0.429. The molecule has 0 N–H and O–H groups in total. The van der Waals surface area contributed by atoms with Gasteiger partial charge in [0.05, 0.1) is 6.21 Å². The summed E-state index contributed by atoms with van der Waals surface area (Å²) >= 11 is 3.27. The molecule has 0 spiro atoms. The van der Waals surface area contributed by atoms with Gasteiger partial charge in [-0.15, -0.1) is 0 Å². The first kappa shape index (κ1) is 7.66. The zero-order valence-corrected chi connectivity index (χ0v) is 7.43. The maximum Gasteiger partial charge on any atom is 0.118 e. The summed E-state index contributed by atoms with van der Waals surface area (Å²) in [5, 5.41) is 0. The van der Waals surface area contributed by atoms with Crippen LogP contribution in [0.3, 0.4) is 0 Å². The van der Waals surface area contributed by atoms with Gasteiger partial charge in [-0.1, -0.05) is 6.08 Å². The van der Waals surface area contributed by atoms with E-state index in [1.807, 2.05) is 6.92 Å². The SMILES string of the molecule is C/C1=C/CCN=C(Br)C=N1. The van der Waals surface area contributed by atoms with Crippen molar-refractivity contribution in [1.29, 1.82) is 0 Å². The molecule has 0 aliphatic carbocycles. The smallest absolute Gasteiger partial charge is 0.118 e. The van der Waals surface area contributed by atoms with E-state index in [0.717, 1.165) is 23.3 Å². The number of halogens is 1. The Morgan fingerprint density at radius 3 is 3.20 bits per heavy atom. The number of hydrogen-bond donors (Lipinski definition) is 0. The molecule has 2 nitrogen and oxygen atoms in total. The van der Waals surface area contributed by atoms with Crippen LogP contribution in [0.25, 0.3) is 0 Å². The maximum absolute atomic E-state index is 4.16. The van der Waals surface area contributed by atoms with Crippen molar-refractivity contribution >= 4 is 26.8 Å². The van der Waals surface area contributed by atoms with Gasteiger partial charge >= 0.3 is 0 Å². The molecule has 0 fully saturated rings. The monoisotopic (exact) mass is 200 g/mol. The van der Waals surface area contributed by atoms with Crippen LogP contribution in [0.4, 0.5) is 0 Å². The van der Waals surface area contributed by atoms with Gasteiger partial charge in [0.25, 0.3) is 0 Å². The molecule has 1 aliphatic heterocycles. The maximum atomic E-state index is 4.16. The summed E-state index contributed by atoms with van der Waals surface area (Å²) in [4.78, 5) is 8.28. The minimum absolute atomic E-state index is 0.833. The van der Waals surface area contributed by atoms with Gasteiger partial charge in [0.1, 0.15) is 4.62 Å². The molecule has 1 aliphatic rings. The molecular weight excluding hydrogens is 192 g/mol. The Morgan fingerprint density at radius 2 is 2.40 bits per heavy atom. The standard InChI is InChI=1S/C7H9BrN2/c1-6-3-2-4-9-7(8)5-10-6/h3,5H,2,4H2,1H3/b6-3-,9-7?,10-5?. The molecule has 0 aromatic rings. The van der Waals surface area contributed by atoms with Crippen molar-refractivity contribution in [2.45, 2.75) is 13.3 Å². The quantitative estimate of drug-likeness (QED) is 0.573. The Kier molecular flexibility index (Phi) is 2.81. The van der Waals surface area contributed by atoms with Gasteiger partial charge in [-0.25, -0.2) is 0 Å². The Hall–Kier alpha value is -0.440. The molecule has 0 saturated heterocycles. The minimum Gasteiger partial charge on any atom is -0.276 e. The third-order valence-electron chi connectivity index (χ3n) is 1.21. The van der Waals surface area contributed by atoms with Crippen LogP contribution >= 0.6 is 15.9 Å². The van der Waals surface area contributed by atoms with Crippen molar-refractivity contribution in [3.8, 4) is 0 Å². The van der Waals surface area contributed by atoms with E-state index >= 15 is 0 Å². The zero-order valence-electron chi connectivity index (χ0n) is 5.84. The van der Waals surface area contributed by atoms with E-state index < -0.39 is 0 Å². The summed E-state index contributed by atoms with van der Waals surface area (Å²) in [5.41, 5.74) is 1.06. The van der Waals surface area contributed by atoms with Crippen LogP contribution in [0.1, 0.15) is 13.3 Å². The van der Waals surface area contributed by atoms with Crippen LogP contribution in [0.2, 0.25) is 0 Å². The number of nitrogens with zero attached hydrogens (tertiary/aromatic N) is 2. The molecule has 0 amide bonds. The molecule has 0 radical (unpaired) electrons. The van der Waals surface area contributed by atoms with Crippen molar-refractivity contribution in [2.24, 2.45) is 9.98 Å². The lowest BCUT2D eigenvalue weighted by Crippen LogP contribution is -1.93. The molecule has 0 aromatic carbocycles. The summed E-state index contributed by atoms with van der Waals surface area (Å²) in [6.07, 6.45) is 4.79. The van der Waals surface area contributed by atoms with Gasteiger partial charge in [0.15, 0.2) is 0 Å². The van der Waals surface area contributed by atoms with Gasteiger partial charge in [0, 0.05) is 12.2 Å². The molecule has 0 unspecified atom stereocenters. The second-order valence-corrected chi connectivity index (χ2v) is 2.91. The highest BCUT2D eigenvalue weighted by Crippen LogP contribution is 2.01. The van der Waals surface area contributed by atoms with Crippen LogP contribution in [-0.4, -0.2) is 17.4 Å².